The first-order valence-electron chi connectivity index (χ1n) is 10.5. The van der Waals surface area contributed by atoms with E-state index >= 15 is 0 Å². The van der Waals surface area contributed by atoms with Crippen LogP contribution in [0.15, 0.2) is 65.8 Å². The molecule has 2 N–H and O–H groups in total. The number of nitrogens with one attached hydrogen (secondary N) is 2. The van der Waals surface area contributed by atoms with Crippen LogP contribution in [0, 0.1) is 9.39 Å². The van der Waals surface area contributed by atoms with E-state index in [4.69, 9.17) is 14.2 Å². The molecule has 0 heterocycles. The minimum atomic E-state index is -0.402. The molecule has 2 amide bonds. The van der Waals surface area contributed by atoms with Gasteiger partial charge < -0.3 is 19.5 Å². The van der Waals surface area contributed by atoms with Crippen molar-refractivity contribution in [1.29, 1.82) is 0 Å². The van der Waals surface area contributed by atoms with Gasteiger partial charge in [0.05, 0.1) is 23.5 Å². The first-order valence-corrected chi connectivity index (χ1v) is 11.6. The van der Waals surface area contributed by atoms with Crippen molar-refractivity contribution >= 4 is 46.3 Å². The summed E-state index contributed by atoms with van der Waals surface area (Å²) in [7, 11) is 1.53. The van der Waals surface area contributed by atoms with Gasteiger partial charge in [0.1, 0.15) is 11.6 Å². The molecule has 0 bridgehead atoms. The van der Waals surface area contributed by atoms with E-state index in [-0.39, 0.29) is 12.5 Å². The second kappa shape index (κ2) is 12.7. The highest BCUT2D eigenvalue weighted by Crippen LogP contribution is 2.34. The monoisotopic (exact) mass is 591 g/mol. The zero-order valence-electron chi connectivity index (χ0n) is 19.0. The minimum absolute atomic E-state index is 0.266. The summed E-state index contributed by atoms with van der Waals surface area (Å²) in [6, 6.07) is 15.6. The lowest BCUT2D eigenvalue weighted by molar-refractivity contribution is -0.118. The van der Waals surface area contributed by atoms with E-state index in [0.29, 0.717) is 44.2 Å². The number of ether oxygens (including phenoxy) is 3. The largest absolute Gasteiger partial charge is 0.497 e. The molecule has 0 saturated carbocycles. The van der Waals surface area contributed by atoms with Gasteiger partial charge >= 0.3 is 0 Å². The molecule has 0 saturated heterocycles. The van der Waals surface area contributed by atoms with Crippen LogP contribution >= 0.6 is 22.6 Å². The Morgan fingerprint density at radius 2 is 1.86 bits per heavy atom. The number of rotatable bonds is 10. The number of hydrazone groups is 1. The van der Waals surface area contributed by atoms with Crippen LogP contribution in [0.5, 0.6) is 17.2 Å². The molecule has 35 heavy (non-hydrogen) atoms. The number of hydrogen-bond donors (Lipinski definition) is 2. The van der Waals surface area contributed by atoms with Gasteiger partial charge in [-0.25, -0.2) is 9.82 Å². The lowest BCUT2D eigenvalue weighted by atomic mass is 10.2. The van der Waals surface area contributed by atoms with Gasteiger partial charge in [0.15, 0.2) is 18.1 Å². The molecular weight excluding hydrogens is 568 g/mol. The summed E-state index contributed by atoms with van der Waals surface area (Å²) in [5.74, 6) is 0.222. The molecule has 0 radical (unpaired) electrons. The smallest absolute Gasteiger partial charge is 0.271 e. The van der Waals surface area contributed by atoms with E-state index in [1.165, 1.54) is 37.6 Å². The lowest BCUT2D eigenvalue weighted by Crippen LogP contribution is -2.20. The van der Waals surface area contributed by atoms with Crippen LogP contribution in [-0.2, 0) is 4.79 Å². The minimum Gasteiger partial charge on any atom is -0.497 e. The Labute approximate surface area is 215 Å². The summed E-state index contributed by atoms with van der Waals surface area (Å²) >= 11 is 2.07. The Balaban J connectivity index is 1.65. The quantitative estimate of drug-likeness (QED) is 0.204. The van der Waals surface area contributed by atoms with Crippen LogP contribution in [-0.4, -0.2) is 38.4 Å². The number of benzene rings is 3. The third kappa shape index (κ3) is 7.67. The summed E-state index contributed by atoms with van der Waals surface area (Å²) in [4.78, 5) is 24.5. The normalized spacial score (nSPS) is 10.6. The molecule has 3 rings (SSSR count). The molecule has 0 unspecified atom stereocenters. The molecule has 3 aromatic rings. The van der Waals surface area contributed by atoms with Gasteiger partial charge in [-0.15, -0.1) is 0 Å². The van der Waals surface area contributed by atoms with Crippen LogP contribution in [0.25, 0.3) is 0 Å². The van der Waals surface area contributed by atoms with E-state index < -0.39 is 11.7 Å². The van der Waals surface area contributed by atoms with E-state index in [1.54, 1.807) is 36.4 Å². The Morgan fingerprint density at radius 3 is 2.57 bits per heavy atom. The van der Waals surface area contributed by atoms with Gasteiger partial charge in [-0.05, 0) is 89.7 Å². The van der Waals surface area contributed by atoms with Gasteiger partial charge in [0.2, 0.25) is 0 Å². The van der Waals surface area contributed by atoms with Crippen molar-refractivity contribution in [3.8, 4) is 17.2 Å². The molecule has 0 fully saturated rings. The van der Waals surface area contributed by atoms with Crippen molar-refractivity contribution in [2.75, 3.05) is 25.6 Å². The number of hydrogen-bond acceptors (Lipinski definition) is 6. The topological polar surface area (TPSA) is 98.2 Å². The van der Waals surface area contributed by atoms with Crippen LogP contribution in [0.2, 0.25) is 0 Å². The molecule has 8 nitrogen and oxygen atoms in total. The van der Waals surface area contributed by atoms with Crippen LogP contribution in [0.1, 0.15) is 22.8 Å². The molecule has 10 heteroatoms. The number of methoxy groups -OCH3 is 1. The van der Waals surface area contributed by atoms with Crippen molar-refractivity contribution in [1.82, 2.24) is 5.43 Å². The van der Waals surface area contributed by atoms with Gasteiger partial charge in [-0.2, -0.15) is 5.10 Å². The van der Waals surface area contributed by atoms with E-state index in [9.17, 15) is 14.0 Å². The van der Waals surface area contributed by atoms with E-state index in [2.05, 4.69) is 38.4 Å². The number of nitrogens with zero attached hydrogens (tertiary/aromatic N) is 1. The van der Waals surface area contributed by atoms with E-state index in [1.807, 2.05) is 6.92 Å². The van der Waals surface area contributed by atoms with Crippen LogP contribution < -0.4 is 25.0 Å². The predicted molar refractivity (Wildman–Crippen MR) is 139 cm³/mol. The molecule has 0 aliphatic carbocycles. The van der Waals surface area contributed by atoms with Gasteiger partial charge in [-0.3, -0.25) is 9.59 Å². The maximum absolute atomic E-state index is 13.0. The Hall–Kier alpha value is -3.67. The highest BCUT2D eigenvalue weighted by Gasteiger charge is 2.14. The number of carbonyl (C=O) groups is 2. The summed E-state index contributed by atoms with van der Waals surface area (Å²) in [6.07, 6.45) is 1.48. The highest BCUT2D eigenvalue weighted by atomic mass is 127. The second-order valence-electron chi connectivity index (χ2n) is 7.04. The second-order valence-corrected chi connectivity index (χ2v) is 8.20. The fraction of sp³-hybridized carbons (Fsp3) is 0.160. The summed E-state index contributed by atoms with van der Waals surface area (Å²) in [6.45, 7) is 1.94. The van der Waals surface area contributed by atoms with Crippen molar-refractivity contribution in [3.63, 3.8) is 0 Å². The fourth-order valence-corrected chi connectivity index (χ4v) is 3.71. The molecule has 0 aliphatic rings. The summed E-state index contributed by atoms with van der Waals surface area (Å²) in [5, 5.41) is 6.65. The fourth-order valence-electron chi connectivity index (χ4n) is 2.93. The first kappa shape index (κ1) is 25.9. The zero-order valence-corrected chi connectivity index (χ0v) is 21.2. The number of carbonyl (C=O) groups excluding carboxylic acids is 2. The number of halogens is 2. The van der Waals surface area contributed by atoms with Gasteiger partial charge in [-0.1, -0.05) is 6.07 Å². The highest BCUT2D eigenvalue weighted by molar-refractivity contribution is 14.1. The van der Waals surface area contributed by atoms with Crippen molar-refractivity contribution in [3.05, 3.63) is 81.2 Å². The summed E-state index contributed by atoms with van der Waals surface area (Å²) in [5.41, 5.74) is 4.01. The number of anilines is 1. The third-order valence-corrected chi connectivity index (χ3v) is 5.32. The maximum atomic E-state index is 13.0. The molecule has 0 aromatic heterocycles. The van der Waals surface area contributed by atoms with Crippen LogP contribution in [0.3, 0.4) is 0 Å². The zero-order chi connectivity index (χ0) is 25.2. The molecule has 3 aromatic carbocycles. The Morgan fingerprint density at radius 1 is 1.09 bits per heavy atom. The molecule has 0 spiro atoms. The average Bonchev–Trinajstić information content (AvgIpc) is 2.85. The molecule has 182 valence electrons. The van der Waals surface area contributed by atoms with Crippen molar-refractivity contribution in [2.24, 2.45) is 5.10 Å². The predicted octanol–water partition coefficient (Wildman–Crippen LogP) is 4.62. The van der Waals surface area contributed by atoms with Gasteiger partial charge in [0, 0.05) is 11.3 Å². The average molecular weight is 591 g/mol. The Kier molecular flexibility index (Phi) is 9.41. The van der Waals surface area contributed by atoms with E-state index in [0.717, 1.165) is 0 Å². The standard InChI is InChI=1S/C25H23FIN3O5/c1-3-34-22-12-16(14-28-30-25(32)17-5-4-6-20(13-17)33-2)11-21(27)24(22)35-15-23(31)29-19-9-7-18(26)8-10-19/h4-14H,3,15H2,1-2H3,(H,29,31)(H,30,32)/b28-14+. The maximum Gasteiger partial charge on any atom is 0.271 e. The molecular formula is C25H23FIN3O5. The van der Waals surface area contributed by atoms with Gasteiger partial charge in [0.25, 0.3) is 11.8 Å². The van der Waals surface area contributed by atoms with Crippen LogP contribution in [0.4, 0.5) is 10.1 Å². The molecule has 0 atom stereocenters. The van der Waals surface area contributed by atoms with Crippen molar-refractivity contribution in [2.45, 2.75) is 6.92 Å². The Bertz CT molecular complexity index is 1220. The third-order valence-electron chi connectivity index (χ3n) is 4.52. The SMILES string of the molecule is CCOc1cc(/C=N/NC(=O)c2cccc(OC)c2)cc(I)c1OCC(=O)Nc1ccc(F)cc1. The summed E-state index contributed by atoms with van der Waals surface area (Å²) < 4.78 is 30.2. The number of amides is 2. The molecule has 0 aliphatic heterocycles. The lowest BCUT2D eigenvalue weighted by Gasteiger charge is -2.14. The first-order chi connectivity index (χ1) is 16.9. The van der Waals surface area contributed by atoms with Crippen molar-refractivity contribution < 1.29 is 28.2 Å².